The van der Waals surface area contributed by atoms with Crippen LogP contribution in [0, 0.1) is 0 Å². The summed E-state index contributed by atoms with van der Waals surface area (Å²) < 4.78 is 13.3. The summed E-state index contributed by atoms with van der Waals surface area (Å²) in [4.78, 5) is 0. The van der Waals surface area contributed by atoms with Gasteiger partial charge in [-0.25, -0.2) is 0 Å². The lowest BCUT2D eigenvalue weighted by Gasteiger charge is -2.13. The Kier molecular flexibility index (Phi) is 6.53. The number of furan rings is 1. The molecule has 8 aromatic carbocycles. The lowest BCUT2D eigenvalue weighted by atomic mass is 10.1. The molecule has 0 bridgehead atoms. The van der Waals surface area contributed by atoms with Gasteiger partial charge in [0, 0.05) is 60.5 Å². The van der Waals surface area contributed by atoms with Crippen LogP contribution in [0.25, 0.3) is 105 Å². The molecule has 0 radical (unpaired) electrons. The van der Waals surface area contributed by atoms with E-state index >= 15 is 0 Å². The number of nitrogens with zero attached hydrogens (tertiary/aromatic N) is 5. The number of fused-ring (bicyclic) bond motifs is 10. The molecule has 0 saturated heterocycles. The Bertz CT molecular complexity index is 3480. The zero-order valence-electron chi connectivity index (χ0n) is 30.0. The molecule has 12 aromatic rings. The molecule has 6 heteroatoms. The number of aromatic nitrogens is 5. The molecule has 0 aliphatic rings. The highest BCUT2D eigenvalue weighted by Crippen LogP contribution is 2.42. The first-order chi connectivity index (χ1) is 27.8. The monoisotopic (exact) mass is 717 g/mol. The van der Waals surface area contributed by atoms with Gasteiger partial charge in [0.25, 0.3) is 0 Å². The van der Waals surface area contributed by atoms with Gasteiger partial charge in [0.2, 0.25) is 0 Å². The molecule has 56 heavy (non-hydrogen) atoms. The lowest BCUT2D eigenvalue weighted by Crippen LogP contribution is -2.00. The molecule has 0 saturated carbocycles. The third kappa shape index (κ3) is 4.44. The SMILES string of the molecule is c1ccc(-c2nnc(-c3ccc4c(c3)c3ccccc3n4-c3cccc(-n4c5ccccc5c5c6c(ccc54)oc4ccccc46)c3)n2-c2ccccc2)cc1. The maximum absolute atomic E-state index is 6.34. The van der Waals surface area contributed by atoms with Gasteiger partial charge in [-0.05, 0) is 78.9 Å². The Balaban J connectivity index is 1.06. The minimum atomic E-state index is 0.793. The summed E-state index contributed by atoms with van der Waals surface area (Å²) in [6.45, 7) is 0. The van der Waals surface area contributed by atoms with Gasteiger partial charge in [0.15, 0.2) is 11.6 Å². The van der Waals surface area contributed by atoms with E-state index in [0.717, 1.165) is 89.2 Å². The summed E-state index contributed by atoms with van der Waals surface area (Å²) in [5.41, 5.74) is 11.6. The van der Waals surface area contributed by atoms with Crippen LogP contribution in [0.5, 0.6) is 0 Å². The standard InChI is InChI=1S/C50H31N5O/c1-3-14-32(15-4-1)49-51-52-50(55(49)34-16-5-2-6-17-34)33-26-27-43-40(30-33)37-20-7-10-23-41(37)53(43)35-18-13-19-36(31-35)54-42-24-11-8-21-38(42)47-44(54)28-29-46-48(47)39-22-9-12-25-45(39)56-46/h1-31H. The van der Waals surface area contributed by atoms with E-state index < -0.39 is 0 Å². The van der Waals surface area contributed by atoms with E-state index in [1.54, 1.807) is 0 Å². The summed E-state index contributed by atoms with van der Waals surface area (Å²) in [7, 11) is 0. The lowest BCUT2D eigenvalue weighted by molar-refractivity contribution is 0.669. The highest BCUT2D eigenvalue weighted by Gasteiger charge is 2.21. The molecular formula is C50H31N5O. The van der Waals surface area contributed by atoms with E-state index in [1.165, 1.54) is 16.2 Å². The quantitative estimate of drug-likeness (QED) is 0.178. The van der Waals surface area contributed by atoms with Gasteiger partial charge in [0.1, 0.15) is 11.2 Å². The summed E-state index contributed by atoms with van der Waals surface area (Å²) in [5, 5.41) is 16.6. The van der Waals surface area contributed by atoms with Crippen molar-refractivity contribution in [1.82, 2.24) is 23.9 Å². The molecule has 0 fully saturated rings. The van der Waals surface area contributed by atoms with E-state index in [2.05, 4.69) is 171 Å². The van der Waals surface area contributed by atoms with Crippen LogP contribution >= 0.6 is 0 Å². The van der Waals surface area contributed by atoms with Crippen molar-refractivity contribution in [1.29, 1.82) is 0 Å². The predicted molar refractivity (Wildman–Crippen MR) is 228 cm³/mol. The fraction of sp³-hybridized carbons (Fsp3) is 0. The van der Waals surface area contributed by atoms with Crippen LogP contribution in [-0.4, -0.2) is 23.9 Å². The first kappa shape index (κ1) is 30.7. The van der Waals surface area contributed by atoms with E-state index in [4.69, 9.17) is 14.6 Å². The van der Waals surface area contributed by atoms with Crippen molar-refractivity contribution < 1.29 is 4.42 Å². The van der Waals surface area contributed by atoms with Crippen LogP contribution in [0.3, 0.4) is 0 Å². The topological polar surface area (TPSA) is 53.7 Å². The third-order valence-electron chi connectivity index (χ3n) is 11.2. The summed E-state index contributed by atoms with van der Waals surface area (Å²) >= 11 is 0. The molecule has 0 spiro atoms. The predicted octanol–water partition coefficient (Wildman–Crippen LogP) is 12.7. The first-order valence-corrected chi connectivity index (χ1v) is 18.8. The Labute approximate surface area is 320 Å². The molecule has 12 rings (SSSR count). The van der Waals surface area contributed by atoms with E-state index in [0.29, 0.717) is 0 Å². The van der Waals surface area contributed by atoms with Gasteiger partial charge in [-0.1, -0.05) is 109 Å². The molecule has 262 valence electrons. The minimum Gasteiger partial charge on any atom is -0.456 e. The molecule has 0 aliphatic heterocycles. The van der Waals surface area contributed by atoms with E-state index in [1.807, 2.05) is 30.3 Å². The smallest absolute Gasteiger partial charge is 0.168 e. The number of para-hydroxylation sites is 4. The van der Waals surface area contributed by atoms with Gasteiger partial charge in [0.05, 0.1) is 22.1 Å². The second kappa shape index (κ2) is 11.9. The highest BCUT2D eigenvalue weighted by atomic mass is 16.3. The van der Waals surface area contributed by atoms with Gasteiger partial charge in [-0.3, -0.25) is 4.57 Å². The minimum absolute atomic E-state index is 0.793. The Morgan fingerprint density at radius 1 is 0.321 bits per heavy atom. The molecule has 0 atom stereocenters. The summed E-state index contributed by atoms with van der Waals surface area (Å²) in [6.07, 6.45) is 0. The van der Waals surface area contributed by atoms with E-state index in [9.17, 15) is 0 Å². The third-order valence-corrected chi connectivity index (χ3v) is 11.2. The molecule has 0 aliphatic carbocycles. The maximum Gasteiger partial charge on any atom is 0.168 e. The molecule has 4 aromatic heterocycles. The van der Waals surface area contributed by atoms with Gasteiger partial charge in [-0.2, -0.15) is 0 Å². The second-order valence-electron chi connectivity index (χ2n) is 14.3. The zero-order valence-corrected chi connectivity index (χ0v) is 30.0. The van der Waals surface area contributed by atoms with Gasteiger partial charge in [-0.15, -0.1) is 10.2 Å². The summed E-state index contributed by atoms with van der Waals surface area (Å²) in [6, 6.07) is 66.2. The Hall–Kier alpha value is -7.70. The number of hydrogen-bond acceptors (Lipinski definition) is 3. The largest absolute Gasteiger partial charge is 0.456 e. The average molecular weight is 718 g/mol. The Morgan fingerprint density at radius 2 is 0.893 bits per heavy atom. The second-order valence-corrected chi connectivity index (χ2v) is 14.3. The van der Waals surface area contributed by atoms with E-state index in [-0.39, 0.29) is 0 Å². The number of rotatable bonds is 5. The van der Waals surface area contributed by atoms with Gasteiger partial charge >= 0.3 is 0 Å². The van der Waals surface area contributed by atoms with Crippen molar-refractivity contribution in [2.24, 2.45) is 0 Å². The first-order valence-electron chi connectivity index (χ1n) is 18.8. The van der Waals surface area contributed by atoms with Gasteiger partial charge < -0.3 is 13.6 Å². The van der Waals surface area contributed by atoms with Crippen molar-refractivity contribution in [3.8, 4) is 39.8 Å². The van der Waals surface area contributed by atoms with Crippen LogP contribution in [0.15, 0.2) is 192 Å². The fourth-order valence-electron chi connectivity index (χ4n) is 8.78. The molecule has 0 unspecified atom stereocenters. The maximum atomic E-state index is 6.34. The average Bonchev–Trinajstić information content (AvgIpc) is 4.03. The van der Waals surface area contributed by atoms with Crippen molar-refractivity contribution in [3.63, 3.8) is 0 Å². The normalized spacial score (nSPS) is 11.9. The number of hydrogen-bond donors (Lipinski definition) is 0. The highest BCUT2D eigenvalue weighted by molar-refractivity contribution is 6.27. The zero-order chi connectivity index (χ0) is 36.7. The van der Waals surface area contributed by atoms with Crippen LogP contribution in [0.2, 0.25) is 0 Å². The fourth-order valence-corrected chi connectivity index (χ4v) is 8.78. The molecule has 0 amide bonds. The van der Waals surface area contributed by atoms with Crippen molar-refractivity contribution >= 4 is 65.6 Å². The van der Waals surface area contributed by atoms with Crippen molar-refractivity contribution in [2.75, 3.05) is 0 Å². The summed E-state index contributed by atoms with van der Waals surface area (Å²) in [5.74, 6) is 1.60. The van der Waals surface area contributed by atoms with Crippen LogP contribution in [0.4, 0.5) is 0 Å². The molecule has 6 nitrogen and oxygen atoms in total. The van der Waals surface area contributed by atoms with Crippen LogP contribution in [0.1, 0.15) is 0 Å². The Morgan fingerprint density at radius 3 is 1.68 bits per heavy atom. The molecule has 4 heterocycles. The van der Waals surface area contributed by atoms with Crippen molar-refractivity contribution in [3.05, 3.63) is 188 Å². The van der Waals surface area contributed by atoms with Crippen molar-refractivity contribution in [2.45, 2.75) is 0 Å². The van der Waals surface area contributed by atoms with Crippen LogP contribution in [-0.2, 0) is 0 Å². The number of benzene rings is 8. The molecule has 0 N–H and O–H groups in total. The van der Waals surface area contributed by atoms with Crippen LogP contribution < -0.4 is 0 Å². The molecular weight excluding hydrogens is 687 g/mol.